The van der Waals surface area contributed by atoms with Gasteiger partial charge in [0, 0.05) is 25.0 Å². The molecule has 0 radical (unpaired) electrons. The van der Waals surface area contributed by atoms with Crippen molar-refractivity contribution in [3.05, 3.63) is 39.8 Å². The summed E-state index contributed by atoms with van der Waals surface area (Å²) in [6.07, 6.45) is 2.22. The quantitative estimate of drug-likeness (QED) is 0.808. The molecule has 1 N–H and O–H groups in total. The molecule has 7 nitrogen and oxygen atoms in total. The molecule has 0 aliphatic heterocycles. The second-order valence-corrected chi connectivity index (χ2v) is 5.41. The van der Waals surface area contributed by atoms with Crippen molar-refractivity contribution < 1.29 is 14.3 Å². The standard InChI is InChI=1S/C17H21N3O4/c1-4-8-18-14(21)10-24-17(23)13-9-20(5-2)16-12(15(13)22)7-6-11(3)19-16/h6-7,9H,4-5,8,10H2,1-3H3,(H,18,21). The van der Waals surface area contributed by atoms with E-state index in [0.717, 1.165) is 12.1 Å². The summed E-state index contributed by atoms with van der Waals surface area (Å²) >= 11 is 0. The molecule has 0 aliphatic carbocycles. The highest BCUT2D eigenvalue weighted by Crippen LogP contribution is 2.11. The zero-order valence-corrected chi connectivity index (χ0v) is 14.1. The molecule has 0 bridgehead atoms. The minimum Gasteiger partial charge on any atom is -0.452 e. The maximum atomic E-state index is 12.5. The van der Waals surface area contributed by atoms with Crippen LogP contribution in [0.25, 0.3) is 11.0 Å². The van der Waals surface area contributed by atoms with Gasteiger partial charge in [0.05, 0.1) is 5.39 Å². The van der Waals surface area contributed by atoms with Gasteiger partial charge in [-0.05, 0) is 32.4 Å². The Balaban J connectivity index is 2.30. The van der Waals surface area contributed by atoms with Crippen LogP contribution in [0.4, 0.5) is 0 Å². The van der Waals surface area contributed by atoms with Gasteiger partial charge in [-0.15, -0.1) is 0 Å². The van der Waals surface area contributed by atoms with Crippen molar-refractivity contribution in [2.24, 2.45) is 0 Å². The molecule has 2 aromatic heterocycles. The van der Waals surface area contributed by atoms with Crippen LogP contribution in [0.1, 0.15) is 36.3 Å². The number of fused-ring (bicyclic) bond motifs is 1. The average Bonchev–Trinajstić information content (AvgIpc) is 2.58. The third kappa shape index (κ3) is 3.79. The third-order valence-corrected chi connectivity index (χ3v) is 3.53. The number of ether oxygens (including phenoxy) is 1. The average molecular weight is 331 g/mol. The number of carbonyl (C=O) groups is 2. The summed E-state index contributed by atoms with van der Waals surface area (Å²) in [4.78, 5) is 40.6. The first-order valence-electron chi connectivity index (χ1n) is 7.92. The van der Waals surface area contributed by atoms with Gasteiger partial charge in [-0.1, -0.05) is 6.92 Å². The van der Waals surface area contributed by atoms with Gasteiger partial charge in [0.1, 0.15) is 11.2 Å². The summed E-state index contributed by atoms with van der Waals surface area (Å²) in [7, 11) is 0. The van der Waals surface area contributed by atoms with Crippen molar-refractivity contribution in [3.63, 3.8) is 0 Å². The van der Waals surface area contributed by atoms with Crippen LogP contribution in [-0.2, 0) is 16.1 Å². The smallest absolute Gasteiger partial charge is 0.344 e. The van der Waals surface area contributed by atoms with Gasteiger partial charge in [-0.3, -0.25) is 9.59 Å². The fraction of sp³-hybridized carbons (Fsp3) is 0.412. The molecule has 1 amide bonds. The highest BCUT2D eigenvalue weighted by atomic mass is 16.5. The number of aromatic nitrogens is 2. The number of amides is 1. The van der Waals surface area contributed by atoms with Gasteiger partial charge in [0.25, 0.3) is 5.91 Å². The summed E-state index contributed by atoms with van der Waals surface area (Å²) in [5, 5.41) is 2.96. The summed E-state index contributed by atoms with van der Waals surface area (Å²) < 4.78 is 6.67. The molecular weight excluding hydrogens is 310 g/mol. The maximum Gasteiger partial charge on any atom is 0.344 e. The molecule has 128 valence electrons. The summed E-state index contributed by atoms with van der Waals surface area (Å²) in [5.74, 6) is -1.20. The lowest BCUT2D eigenvalue weighted by molar-refractivity contribution is -0.124. The van der Waals surface area contributed by atoms with E-state index in [1.165, 1.54) is 6.20 Å². The number of hydrogen-bond donors (Lipinski definition) is 1. The molecule has 2 heterocycles. The lowest BCUT2D eigenvalue weighted by atomic mass is 10.2. The van der Waals surface area contributed by atoms with E-state index in [1.807, 2.05) is 20.8 Å². The number of carbonyl (C=O) groups excluding carboxylic acids is 2. The molecule has 0 saturated heterocycles. The topological polar surface area (TPSA) is 90.3 Å². The number of nitrogens with zero attached hydrogens (tertiary/aromatic N) is 2. The first-order valence-corrected chi connectivity index (χ1v) is 7.92. The zero-order valence-electron chi connectivity index (χ0n) is 14.1. The van der Waals surface area contributed by atoms with Gasteiger partial charge >= 0.3 is 5.97 Å². The summed E-state index contributed by atoms with van der Waals surface area (Å²) in [6.45, 7) is 6.30. The molecule has 0 aliphatic rings. The number of rotatable bonds is 6. The Bertz CT molecular complexity index is 826. The maximum absolute atomic E-state index is 12.5. The number of aryl methyl sites for hydroxylation is 2. The van der Waals surface area contributed by atoms with Crippen LogP contribution >= 0.6 is 0 Å². The largest absolute Gasteiger partial charge is 0.452 e. The van der Waals surface area contributed by atoms with Crippen LogP contribution in [0.15, 0.2) is 23.1 Å². The molecule has 0 unspecified atom stereocenters. The predicted octanol–water partition coefficient (Wildman–Crippen LogP) is 1.41. The first kappa shape index (κ1) is 17.7. The Kier molecular flexibility index (Phi) is 5.68. The molecule has 2 rings (SSSR count). The van der Waals surface area contributed by atoms with Crippen molar-refractivity contribution >= 4 is 22.9 Å². The Morgan fingerprint density at radius 2 is 2.04 bits per heavy atom. The summed E-state index contributed by atoms with van der Waals surface area (Å²) in [5.41, 5.74) is 0.770. The van der Waals surface area contributed by atoms with E-state index >= 15 is 0 Å². The van der Waals surface area contributed by atoms with E-state index in [2.05, 4.69) is 10.3 Å². The number of esters is 1. The molecule has 24 heavy (non-hydrogen) atoms. The van der Waals surface area contributed by atoms with E-state index in [9.17, 15) is 14.4 Å². The van der Waals surface area contributed by atoms with Gasteiger partial charge in [-0.25, -0.2) is 9.78 Å². The Hall–Kier alpha value is -2.70. The van der Waals surface area contributed by atoms with Crippen LogP contribution in [0.2, 0.25) is 0 Å². The van der Waals surface area contributed by atoms with E-state index in [1.54, 1.807) is 16.7 Å². The highest BCUT2D eigenvalue weighted by molar-refractivity contribution is 5.94. The third-order valence-electron chi connectivity index (χ3n) is 3.53. The van der Waals surface area contributed by atoms with E-state index in [-0.39, 0.29) is 11.5 Å². The fourth-order valence-corrected chi connectivity index (χ4v) is 2.27. The fourth-order valence-electron chi connectivity index (χ4n) is 2.27. The molecular formula is C17H21N3O4. The van der Waals surface area contributed by atoms with Crippen molar-refractivity contribution in [1.82, 2.24) is 14.9 Å². The second-order valence-electron chi connectivity index (χ2n) is 5.41. The minimum atomic E-state index is -0.809. The Labute approximate surface area is 139 Å². The normalized spacial score (nSPS) is 10.6. The van der Waals surface area contributed by atoms with Crippen LogP contribution in [-0.4, -0.2) is 34.6 Å². The van der Waals surface area contributed by atoms with E-state index < -0.39 is 18.0 Å². The molecule has 2 aromatic rings. The zero-order chi connectivity index (χ0) is 17.7. The molecule has 0 spiro atoms. The first-order chi connectivity index (χ1) is 11.5. The van der Waals surface area contributed by atoms with Crippen molar-refractivity contribution in [2.45, 2.75) is 33.7 Å². The molecule has 0 aromatic carbocycles. The molecule has 0 fully saturated rings. The predicted molar refractivity (Wildman–Crippen MR) is 90.0 cm³/mol. The molecule has 0 atom stereocenters. The van der Waals surface area contributed by atoms with Gasteiger partial charge in [0.15, 0.2) is 6.61 Å². The molecule has 0 saturated carbocycles. The lowest BCUT2D eigenvalue weighted by Crippen LogP contribution is -2.30. The van der Waals surface area contributed by atoms with Crippen molar-refractivity contribution in [1.29, 1.82) is 0 Å². The highest BCUT2D eigenvalue weighted by Gasteiger charge is 2.18. The van der Waals surface area contributed by atoms with E-state index in [4.69, 9.17) is 4.74 Å². The SMILES string of the molecule is CCCNC(=O)COC(=O)c1cn(CC)c2nc(C)ccc2c1=O. The van der Waals surface area contributed by atoms with Gasteiger partial charge < -0.3 is 14.6 Å². The van der Waals surface area contributed by atoms with E-state index in [0.29, 0.717) is 24.1 Å². The second kappa shape index (κ2) is 7.72. The van der Waals surface area contributed by atoms with Crippen LogP contribution < -0.4 is 10.7 Å². The van der Waals surface area contributed by atoms with Gasteiger partial charge in [0.2, 0.25) is 5.43 Å². The van der Waals surface area contributed by atoms with Crippen molar-refractivity contribution in [2.75, 3.05) is 13.2 Å². The van der Waals surface area contributed by atoms with Crippen LogP contribution in [0, 0.1) is 6.92 Å². The monoisotopic (exact) mass is 331 g/mol. The number of pyridine rings is 2. The van der Waals surface area contributed by atoms with Crippen LogP contribution in [0.3, 0.4) is 0 Å². The van der Waals surface area contributed by atoms with Crippen LogP contribution in [0.5, 0.6) is 0 Å². The summed E-state index contributed by atoms with van der Waals surface area (Å²) in [6, 6.07) is 3.37. The van der Waals surface area contributed by atoms with Gasteiger partial charge in [-0.2, -0.15) is 0 Å². The lowest BCUT2D eigenvalue weighted by Gasteiger charge is -2.11. The van der Waals surface area contributed by atoms with Crippen molar-refractivity contribution in [3.8, 4) is 0 Å². The number of nitrogens with one attached hydrogen (secondary N) is 1. The Morgan fingerprint density at radius 3 is 2.71 bits per heavy atom. The molecule has 7 heteroatoms. The minimum absolute atomic E-state index is 0.0988. The number of hydrogen-bond acceptors (Lipinski definition) is 5. The Morgan fingerprint density at radius 1 is 1.29 bits per heavy atom.